The third kappa shape index (κ3) is 2.57. The van der Waals surface area contributed by atoms with Crippen molar-refractivity contribution in [3.63, 3.8) is 0 Å². The number of aliphatic imine (C=N–C) groups is 1. The largest absolute Gasteiger partial charge is 0.478 e. The Morgan fingerprint density at radius 2 is 2.11 bits per heavy atom. The number of rotatable bonds is 2. The number of nitrogens with one attached hydrogen (secondary N) is 1. The van der Waals surface area contributed by atoms with Gasteiger partial charge in [0.05, 0.1) is 5.56 Å². The molecule has 4 N–H and O–H groups in total. The van der Waals surface area contributed by atoms with Gasteiger partial charge in [0.1, 0.15) is 5.84 Å². The van der Waals surface area contributed by atoms with Crippen molar-refractivity contribution in [1.82, 2.24) is 5.32 Å². The summed E-state index contributed by atoms with van der Waals surface area (Å²) in [6.07, 6.45) is 3.08. The first kappa shape index (κ1) is 14.3. The number of halogens is 2. The van der Waals surface area contributed by atoms with Crippen molar-refractivity contribution in [2.45, 2.75) is 5.12 Å². The maximum Gasteiger partial charge on any atom is 0.336 e. The maximum absolute atomic E-state index is 11.1. The van der Waals surface area contributed by atoms with Gasteiger partial charge in [0, 0.05) is 11.8 Å². The fraction of sp³-hybridized carbons (Fsp3) is 0.0909. The average Bonchev–Trinajstić information content (AvgIpc) is 2.28. The highest BCUT2D eigenvalue weighted by molar-refractivity contribution is 6.25. The Morgan fingerprint density at radius 1 is 1.44 bits per heavy atom. The van der Waals surface area contributed by atoms with Crippen LogP contribution < -0.4 is 11.1 Å². The molecule has 1 aromatic rings. The predicted octanol–water partition coefficient (Wildman–Crippen LogP) is 1.63. The van der Waals surface area contributed by atoms with Gasteiger partial charge < -0.3 is 16.2 Å². The summed E-state index contributed by atoms with van der Waals surface area (Å²) >= 11 is 6.25. The lowest BCUT2D eigenvalue weighted by Gasteiger charge is -2.27. The monoisotopic (exact) mass is 287 g/mol. The van der Waals surface area contributed by atoms with Crippen molar-refractivity contribution in [1.29, 1.82) is 0 Å². The molecule has 5 nitrogen and oxygen atoms in total. The highest BCUT2D eigenvalue weighted by Crippen LogP contribution is 2.31. The van der Waals surface area contributed by atoms with Crippen molar-refractivity contribution in [3.8, 4) is 0 Å². The second-order valence-corrected chi connectivity index (χ2v) is 4.03. The molecule has 18 heavy (non-hydrogen) atoms. The molecule has 0 aliphatic carbocycles. The van der Waals surface area contributed by atoms with Crippen LogP contribution in [-0.2, 0) is 5.12 Å². The van der Waals surface area contributed by atoms with Gasteiger partial charge in [0.2, 0.25) is 5.12 Å². The van der Waals surface area contributed by atoms with E-state index in [4.69, 9.17) is 22.4 Å². The molecule has 1 atom stereocenters. The van der Waals surface area contributed by atoms with E-state index in [0.717, 1.165) is 0 Å². The van der Waals surface area contributed by atoms with E-state index in [1.54, 1.807) is 24.3 Å². The van der Waals surface area contributed by atoms with Crippen LogP contribution in [0.5, 0.6) is 0 Å². The normalized spacial score (nSPS) is 21.5. The van der Waals surface area contributed by atoms with Crippen LogP contribution in [0.4, 0.5) is 0 Å². The molecule has 0 amide bonds. The molecule has 1 aliphatic rings. The van der Waals surface area contributed by atoms with Gasteiger partial charge in [-0.1, -0.05) is 29.8 Å². The highest BCUT2D eigenvalue weighted by Gasteiger charge is 2.33. The number of carboxylic acid groups (broad SMARTS) is 1. The van der Waals surface area contributed by atoms with E-state index >= 15 is 0 Å². The van der Waals surface area contributed by atoms with Gasteiger partial charge in [0.15, 0.2) is 0 Å². The second kappa shape index (κ2) is 5.29. The van der Waals surface area contributed by atoms with Gasteiger partial charge in [-0.3, -0.25) is 0 Å². The second-order valence-electron chi connectivity index (χ2n) is 3.49. The van der Waals surface area contributed by atoms with E-state index < -0.39 is 11.1 Å². The van der Waals surface area contributed by atoms with Crippen molar-refractivity contribution >= 4 is 35.8 Å². The van der Waals surface area contributed by atoms with Crippen molar-refractivity contribution in [2.75, 3.05) is 0 Å². The lowest BCUT2D eigenvalue weighted by molar-refractivity contribution is 0.0694. The van der Waals surface area contributed by atoms with Gasteiger partial charge in [-0.15, -0.1) is 12.4 Å². The van der Waals surface area contributed by atoms with Crippen LogP contribution in [-0.4, -0.2) is 16.9 Å². The number of carboxylic acids is 1. The molecule has 0 aromatic heterocycles. The number of nitrogens with two attached hydrogens (primary N) is 1. The minimum absolute atomic E-state index is 0. The van der Waals surface area contributed by atoms with Crippen molar-refractivity contribution in [2.24, 2.45) is 10.7 Å². The Hall–Kier alpha value is -1.72. The summed E-state index contributed by atoms with van der Waals surface area (Å²) in [6.45, 7) is 0. The van der Waals surface area contributed by atoms with Crippen LogP contribution in [0.3, 0.4) is 0 Å². The third-order valence-corrected chi connectivity index (χ3v) is 2.72. The van der Waals surface area contributed by atoms with Crippen LogP contribution in [0.1, 0.15) is 15.9 Å². The Bertz CT molecular complexity index is 531. The summed E-state index contributed by atoms with van der Waals surface area (Å²) in [7, 11) is 0. The first-order valence-corrected chi connectivity index (χ1v) is 5.22. The number of hydrogen-bond acceptors (Lipinski definition) is 4. The summed E-state index contributed by atoms with van der Waals surface area (Å²) < 4.78 is 0. The molecule has 0 saturated heterocycles. The quantitative estimate of drug-likeness (QED) is 0.570. The number of aromatic carboxylic acids is 1. The van der Waals surface area contributed by atoms with Crippen LogP contribution in [0, 0.1) is 0 Å². The van der Waals surface area contributed by atoms with Gasteiger partial charge in [-0.05, 0) is 12.1 Å². The maximum atomic E-state index is 11.1. The topological polar surface area (TPSA) is 87.7 Å². The zero-order valence-electron chi connectivity index (χ0n) is 9.13. The van der Waals surface area contributed by atoms with Crippen molar-refractivity contribution in [3.05, 3.63) is 47.7 Å². The summed E-state index contributed by atoms with van der Waals surface area (Å²) in [5.41, 5.74) is 6.00. The van der Waals surface area contributed by atoms with Crippen molar-refractivity contribution < 1.29 is 9.90 Å². The lowest BCUT2D eigenvalue weighted by Crippen LogP contribution is -2.38. The predicted molar refractivity (Wildman–Crippen MR) is 72.1 cm³/mol. The number of amidine groups is 1. The molecule has 1 heterocycles. The molecule has 96 valence electrons. The first-order valence-electron chi connectivity index (χ1n) is 4.84. The third-order valence-electron chi connectivity index (χ3n) is 2.33. The fourth-order valence-corrected chi connectivity index (χ4v) is 1.91. The van der Waals surface area contributed by atoms with E-state index in [9.17, 15) is 4.79 Å². The Kier molecular flexibility index (Phi) is 4.21. The standard InChI is InChI=1S/C11H10ClN3O2.ClH/c12-11(14-6-5-9(13)15-11)8-4-2-1-3-7(8)10(16)17;/h1-6,14H,(H2,13,15)(H,16,17);1H. The van der Waals surface area contributed by atoms with E-state index in [2.05, 4.69) is 10.3 Å². The first-order chi connectivity index (χ1) is 8.03. The van der Waals surface area contributed by atoms with Crippen LogP contribution in [0.25, 0.3) is 0 Å². The SMILES string of the molecule is Cl.NC1=NC(Cl)(c2ccccc2C(=O)O)NC=C1. The van der Waals surface area contributed by atoms with Crippen LogP contribution in [0.2, 0.25) is 0 Å². The lowest BCUT2D eigenvalue weighted by atomic mass is 10.0. The zero-order chi connectivity index (χ0) is 12.5. The molecule has 2 rings (SSSR count). The summed E-state index contributed by atoms with van der Waals surface area (Å²) in [6, 6.07) is 6.38. The van der Waals surface area contributed by atoms with Gasteiger partial charge in [-0.25, -0.2) is 9.79 Å². The Labute approximate surface area is 115 Å². The van der Waals surface area contributed by atoms with E-state index in [0.29, 0.717) is 5.56 Å². The van der Waals surface area contributed by atoms with Gasteiger partial charge in [-0.2, -0.15) is 0 Å². The smallest absolute Gasteiger partial charge is 0.336 e. The molecule has 1 unspecified atom stereocenters. The molecule has 0 spiro atoms. The van der Waals surface area contributed by atoms with Crippen LogP contribution in [0.15, 0.2) is 41.5 Å². The minimum atomic E-state index is -1.37. The van der Waals surface area contributed by atoms with Gasteiger partial charge in [0.25, 0.3) is 0 Å². The molecular weight excluding hydrogens is 277 g/mol. The molecular formula is C11H11Cl2N3O2. The molecule has 1 aromatic carbocycles. The number of carbonyl (C=O) groups is 1. The van der Waals surface area contributed by atoms with E-state index in [-0.39, 0.29) is 23.8 Å². The molecule has 7 heteroatoms. The molecule has 0 fully saturated rings. The molecule has 1 aliphatic heterocycles. The molecule has 0 saturated carbocycles. The van der Waals surface area contributed by atoms with Crippen LogP contribution >= 0.6 is 24.0 Å². The summed E-state index contributed by atoms with van der Waals surface area (Å²) in [4.78, 5) is 15.1. The summed E-state index contributed by atoms with van der Waals surface area (Å²) in [5.74, 6) is -0.829. The average molecular weight is 288 g/mol. The summed E-state index contributed by atoms with van der Waals surface area (Å²) in [5, 5.41) is 10.5. The highest BCUT2D eigenvalue weighted by atomic mass is 35.5. The number of nitrogens with zero attached hydrogens (tertiary/aromatic N) is 1. The zero-order valence-corrected chi connectivity index (χ0v) is 10.7. The van der Waals surface area contributed by atoms with E-state index in [1.807, 2.05) is 0 Å². The Balaban J connectivity index is 0.00000162. The molecule has 0 bridgehead atoms. The van der Waals surface area contributed by atoms with Gasteiger partial charge >= 0.3 is 5.97 Å². The Morgan fingerprint density at radius 3 is 2.72 bits per heavy atom. The van der Waals surface area contributed by atoms with E-state index in [1.165, 1.54) is 12.3 Å². The number of hydrogen-bond donors (Lipinski definition) is 3. The minimum Gasteiger partial charge on any atom is -0.478 e. The number of benzene rings is 1. The molecule has 0 radical (unpaired) electrons. The number of alkyl halides is 1. The fourth-order valence-electron chi connectivity index (χ4n) is 1.58.